The number of aromatic amines is 1. The van der Waals surface area contributed by atoms with E-state index in [1.165, 1.54) is 6.92 Å². The lowest BCUT2D eigenvalue weighted by molar-refractivity contribution is -0.145. The Kier molecular flexibility index (Phi) is 10.7. The molecule has 38 heavy (non-hydrogen) atoms. The molecule has 0 saturated carbocycles. The number of aliphatic carboxylic acids is 2. The Bertz CT molecular complexity index is 1160. The minimum Gasteiger partial charge on any atom is -0.481 e. The number of para-hydroxylation sites is 1. The van der Waals surface area contributed by atoms with E-state index in [-0.39, 0.29) is 6.42 Å². The van der Waals surface area contributed by atoms with Crippen molar-refractivity contribution in [1.82, 2.24) is 20.9 Å². The fraction of sp³-hybridized carbons (Fsp3) is 0.458. The van der Waals surface area contributed by atoms with Gasteiger partial charge in [-0.15, -0.1) is 0 Å². The smallest absolute Gasteiger partial charge is 0.328 e. The number of fused-ring (bicyclic) bond motifs is 1. The summed E-state index contributed by atoms with van der Waals surface area (Å²) in [5, 5.41) is 45.4. The van der Waals surface area contributed by atoms with Crippen LogP contribution in [-0.4, -0.2) is 91.4 Å². The first kappa shape index (κ1) is 30.2. The fourth-order valence-corrected chi connectivity index (χ4v) is 3.74. The summed E-state index contributed by atoms with van der Waals surface area (Å²) in [5.74, 6) is -5.69. The molecule has 1 heterocycles. The second-order valence-electron chi connectivity index (χ2n) is 8.96. The molecule has 2 rings (SSSR count). The molecule has 0 aliphatic heterocycles. The summed E-state index contributed by atoms with van der Waals surface area (Å²) in [6, 6.07) is 1.45. The first-order valence-corrected chi connectivity index (χ1v) is 11.8. The van der Waals surface area contributed by atoms with E-state index in [0.717, 1.165) is 23.4 Å². The molecule has 14 heteroatoms. The maximum Gasteiger partial charge on any atom is 0.328 e. The second-order valence-corrected chi connectivity index (χ2v) is 8.96. The van der Waals surface area contributed by atoms with Crippen molar-refractivity contribution in [2.24, 2.45) is 5.73 Å². The lowest BCUT2D eigenvalue weighted by Crippen LogP contribution is -2.60. The first-order chi connectivity index (χ1) is 17.8. The van der Waals surface area contributed by atoms with Crippen LogP contribution in [0.1, 0.15) is 32.3 Å². The summed E-state index contributed by atoms with van der Waals surface area (Å²) in [6.45, 7) is 2.35. The van der Waals surface area contributed by atoms with Crippen molar-refractivity contribution >= 4 is 40.6 Å². The van der Waals surface area contributed by atoms with Gasteiger partial charge in [-0.2, -0.15) is 0 Å². The number of rotatable bonds is 14. The number of carboxylic acids is 2. The van der Waals surface area contributed by atoms with Crippen molar-refractivity contribution < 1.29 is 44.4 Å². The molecule has 6 atom stereocenters. The van der Waals surface area contributed by atoms with Crippen molar-refractivity contribution in [2.45, 2.75) is 69.5 Å². The van der Waals surface area contributed by atoms with E-state index in [1.54, 1.807) is 6.20 Å². The highest BCUT2D eigenvalue weighted by Crippen LogP contribution is 2.18. The predicted molar refractivity (Wildman–Crippen MR) is 134 cm³/mol. The molecule has 0 aliphatic rings. The largest absolute Gasteiger partial charge is 0.481 e. The molecule has 2 aromatic rings. The van der Waals surface area contributed by atoms with E-state index < -0.39 is 78.9 Å². The van der Waals surface area contributed by atoms with Crippen molar-refractivity contribution in [3.05, 3.63) is 36.0 Å². The van der Waals surface area contributed by atoms with Crippen LogP contribution in [0.5, 0.6) is 0 Å². The fourth-order valence-electron chi connectivity index (χ4n) is 3.74. The molecule has 10 N–H and O–H groups in total. The summed E-state index contributed by atoms with van der Waals surface area (Å²) < 4.78 is 0. The van der Waals surface area contributed by atoms with E-state index >= 15 is 0 Å². The van der Waals surface area contributed by atoms with Crippen LogP contribution in [-0.2, 0) is 30.4 Å². The lowest BCUT2D eigenvalue weighted by Gasteiger charge is -2.26. The number of hydrogen-bond donors (Lipinski definition) is 9. The van der Waals surface area contributed by atoms with Gasteiger partial charge in [0.05, 0.1) is 18.2 Å². The summed E-state index contributed by atoms with van der Waals surface area (Å²) >= 11 is 0. The number of carboxylic acid groups (broad SMARTS) is 2. The van der Waals surface area contributed by atoms with Crippen molar-refractivity contribution in [3.63, 3.8) is 0 Å². The summed E-state index contributed by atoms with van der Waals surface area (Å²) in [5.41, 5.74) is 7.65. The topological polar surface area (TPSA) is 244 Å². The standard InChI is InChI=1S/C24H33N5O9/c1-11(30)19(28-21(34)15(25)9-13-10-26-16-6-4-3-5-14(13)16)23(36)27-17(7-8-18(32)33)22(35)29-20(12(2)31)24(37)38/h3-6,10-12,15,17,19-20,26,30-31H,7-9,25H2,1-2H3,(H,27,36)(H,28,34)(H,29,35)(H,32,33)(H,37,38). The normalized spacial score (nSPS) is 15.9. The Balaban J connectivity index is 2.12. The number of aliphatic hydroxyl groups excluding tert-OH is 2. The van der Waals surface area contributed by atoms with E-state index in [2.05, 4.69) is 15.6 Å². The quantitative estimate of drug-likeness (QED) is 0.131. The number of H-pyrrole nitrogens is 1. The summed E-state index contributed by atoms with van der Waals surface area (Å²) in [4.78, 5) is 63.7. The van der Waals surface area contributed by atoms with Crippen molar-refractivity contribution in [3.8, 4) is 0 Å². The van der Waals surface area contributed by atoms with Crippen LogP contribution >= 0.6 is 0 Å². The Hall–Kier alpha value is -4.01. The maximum atomic E-state index is 12.9. The van der Waals surface area contributed by atoms with Gasteiger partial charge in [0.25, 0.3) is 0 Å². The molecule has 0 bridgehead atoms. The Labute approximate surface area is 217 Å². The van der Waals surface area contributed by atoms with Gasteiger partial charge < -0.3 is 47.1 Å². The molecule has 1 aromatic heterocycles. The number of carbonyl (C=O) groups excluding carboxylic acids is 3. The number of nitrogens with one attached hydrogen (secondary N) is 4. The molecule has 208 valence electrons. The molecule has 0 saturated heterocycles. The number of carbonyl (C=O) groups is 5. The Morgan fingerprint density at radius 2 is 1.50 bits per heavy atom. The number of aromatic nitrogens is 1. The van der Waals surface area contributed by atoms with Crippen molar-refractivity contribution in [2.75, 3.05) is 0 Å². The van der Waals surface area contributed by atoms with Gasteiger partial charge in [-0.1, -0.05) is 18.2 Å². The molecule has 1 aromatic carbocycles. The number of nitrogens with two attached hydrogens (primary N) is 1. The summed E-state index contributed by atoms with van der Waals surface area (Å²) in [7, 11) is 0. The van der Waals surface area contributed by atoms with Crippen LogP contribution < -0.4 is 21.7 Å². The molecule has 0 aliphatic carbocycles. The van der Waals surface area contributed by atoms with Crippen LogP contribution in [0.15, 0.2) is 30.5 Å². The monoisotopic (exact) mass is 535 g/mol. The van der Waals surface area contributed by atoms with E-state index in [1.807, 2.05) is 29.6 Å². The zero-order valence-corrected chi connectivity index (χ0v) is 20.9. The highest BCUT2D eigenvalue weighted by molar-refractivity contribution is 5.95. The third kappa shape index (κ3) is 8.26. The average Bonchev–Trinajstić information content (AvgIpc) is 3.24. The van der Waals surface area contributed by atoms with Gasteiger partial charge in [-0.05, 0) is 38.3 Å². The summed E-state index contributed by atoms with van der Waals surface area (Å²) in [6.07, 6.45) is -2.10. The maximum absolute atomic E-state index is 12.9. The third-order valence-electron chi connectivity index (χ3n) is 5.84. The SMILES string of the molecule is CC(O)C(NC(=O)C(CCC(=O)O)NC(=O)C(NC(=O)C(N)Cc1c[nH]c2ccccc12)C(C)O)C(=O)O. The average molecular weight is 536 g/mol. The molecule has 3 amide bonds. The third-order valence-corrected chi connectivity index (χ3v) is 5.84. The number of benzene rings is 1. The van der Waals surface area contributed by atoms with Crippen LogP contribution in [0.2, 0.25) is 0 Å². The van der Waals surface area contributed by atoms with Gasteiger partial charge in [0.2, 0.25) is 17.7 Å². The van der Waals surface area contributed by atoms with Crippen LogP contribution in [0.25, 0.3) is 10.9 Å². The van der Waals surface area contributed by atoms with Gasteiger partial charge in [-0.3, -0.25) is 19.2 Å². The molecule has 0 fully saturated rings. The zero-order valence-electron chi connectivity index (χ0n) is 20.9. The van der Waals surface area contributed by atoms with Gasteiger partial charge in [0.1, 0.15) is 12.1 Å². The molecule has 0 spiro atoms. The van der Waals surface area contributed by atoms with Gasteiger partial charge >= 0.3 is 11.9 Å². The van der Waals surface area contributed by atoms with Crippen LogP contribution in [0.4, 0.5) is 0 Å². The molecule has 0 radical (unpaired) electrons. The van der Waals surface area contributed by atoms with Gasteiger partial charge in [0.15, 0.2) is 6.04 Å². The molecule has 6 unspecified atom stereocenters. The van der Waals surface area contributed by atoms with Crippen LogP contribution in [0, 0.1) is 0 Å². The number of amides is 3. The minimum absolute atomic E-state index is 0.115. The number of aliphatic hydroxyl groups is 2. The lowest BCUT2D eigenvalue weighted by atomic mass is 10.0. The molecular formula is C24H33N5O9. The Morgan fingerprint density at radius 1 is 0.895 bits per heavy atom. The number of hydrogen-bond acceptors (Lipinski definition) is 8. The zero-order chi connectivity index (χ0) is 28.6. The predicted octanol–water partition coefficient (Wildman–Crippen LogP) is -1.80. The molecular weight excluding hydrogens is 502 g/mol. The van der Waals surface area contributed by atoms with Gasteiger partial charge in [-0.25, -0.2) is 4.79 Å². The first-order valence-electron chi connectivity index (χ1n) is 11.8. The Morgan fingerprint density at radius 3 is 2.08 bits per heavy atom. The van der Waals surface area contributed by atoms with E-state index in [0.29, 0.717) is 0 Å². The minimum atomic E-state index is -1.72. The second kappa shape index (κ2) is 13.5. The van der Waals surface area contributed by atoms with Gasteiger partial charge in [0, 0.05) is 23.5 Å². The van der Waals surface area contributed by atoms with Crippen molar-refractivity contribution in [1.29, 1.82) is 0 Å². The highest BCUT2D eigenvalue weighted by atomic mass is 16.4. The van der Waals surface area contributed by atoms with E-state index in [4.69, 9.17) is 10.8 Å². The van der Waals surface area contributed by atoms with E-state index in [9.17, 15) is 39.3 Å². The highest BCUT2D eigenvalue weighted by Gasteiger charge is 2.33. The van der Waals surface area contributed by atoms with Crippen LogP contribution in [0.3, 0.4) is 0 Å². The molecule has 14 nitrogen and oxygen atoms in total.